The fourth-order valence-electron chi connectivity index (χ4n) is 6.09. The predicted molar refractivity (Wildman–Crippen MR) is 199 cm³/mol. The van der Waals surface area contributed by atoms with Crippen molar-refractivity contribution >= 4 is 0 Å². The summed E-state index contributed by atoms with van der Waals surface area (Å²) >= 11 is 0. The maximum atomic E-state index is 5.73. The Morgan fingerprint density at radius 1 is 0.435 bits per heavy atom. The third kappa shape index (κ3) is 14.2. The normalized spacial score (nSPS) is 28.9. The van der Waals surface area contributed by atoms with Gasteiger partial charge in [-0.25, -0.2) is 0 Å². The van der Waals surface area contributed by atoms with Gasteiger partial charge in [-0.2, -0.15) is 0 Å². The molecule has 0 aromatic heterocycles. The average Bonchev–Trinajstić information content (AvgIpc) is 3.36. The van der Waals surface area contributed by atoms with Crippen LogP contribution < -0.4 is 0 Å². The molecule has 264 valence electrons. The van der Waals surface area contributed by atoms with Gasteiger partial charge in [0.25, 0.3) is 0 Å². The van der Waals surface area contributed by atoms with Gasteiger partial charge in [-0.1, -0.05) is 138 Å². The van der Waals surface area contributed by atoms with Crippen molar-refractivity contribution in [3.05, 3.63) is 71.4 Å². The van der Waals surface area contributed by atoms with Crippen molar-refractivity contribution in [3.8, 4) is 0 Å². The van der Waals surface area contributed by atoms with Crippen LogP contribution in [0.5, 0.6) is 0 Å². The van der Waals surface area contributed by atoms with Gasteiger partial charge < -0.3 is 18.9 Å². The first kappa shape index (κ1) is 42.3. The van der Waals surface area contributed by atoms with Crippen molar-refractivity contribution in [1.82, 2.24) is 0 Å². The molecule has 0 radical (unpaired) electrons. The zero-order valence-electron chi connectivity index (χ0n) is 31.9. The van der Waals surface area contributed by atoms with Gasteiger partial charge in [-0.3, -0.25) is 0 Å². The van der Waals surface area contributed by atoms with Crippen molar-refractivity contribution < 1.29 is 18.9 Å². The van der Waals surface area contributed by atoms with E-state index in [2.05, 4.69) is 96.2 Å². The predicted octanol–water partition coefficient (Wildman–Crippen LogP) is 11.3. The number of fused-ring (bicyclic) bond motifs is 3. The van der Waals surface area contributed by atoms with Crippen LogP contribution in [0.15, 0.2) is 71.4 Å². The molecule has 0 bridgehead atoms. The summed E-state index contributed by atoms with van der Waals surface area (Å²) in [6, 6.07) is 0. The van der Waals surface area contributed by atoms with E-state index in [9.17, 15) is 0 Å². The highest BCUT2D eigenvalue weighted by atomic mass is 16.6. The van der Waals surface area contributed by atoms with Crippen LogP contribution in [0.3, 0.4) is 0 Å². The first-order chi connectivity index (χ1) is 22.3. The number of hydrogen-bond acceptors (Lipinski definition) is 4. The minimum absolute atomic E-state index is 0.139. The number of rotatable bonds is 3. The van der Waals surface area contributed by atoms with Crippen LogP contribution in [0.25, 0.3) is 0 Å². The van der Waals surface area contributed by atoms with Gasteiger partial charge in [-0.15, -0.1) is 0 Å². The molecule has 2 heterocycles. The van der Waals surface area contributed by atoms with E-state index in [0.29, 0.717) is 17.8 Å². The lowest BCUT2D eigenvalue weighted by atomic mass is 9.74. The Labute approximate surface area is 285 Å². The summed E-state index contributed by atoms with van der Waals surface area (Å²) in [5.41, 5.74) is 4.27. The monoisotopic (exact) mass is 641 g/mol. The molecule has 6 rings (SSSR count). The van der Waals surface area contributed by atoms with Gasteiger partial charge in [0.15, 0.2) is 0 Å². The summed E-state index contributed by atoms with van der Waals surface area (Å²) in [6.45, 7) is 28.4. The largest absolute Gasteiger partial charge is 0.371 e. The van der Waals surface area contributed by atoms with E-state index < -0.39 is 0 Å². The zero-order valence-corrected chi connectivity index (χ0v) is 31.9. The van der Waals surface area contributed by atoms with Crippen molar-refractivity contribution in [3.63, 3.8) is 0 Å². The van der Waals surface area contributed by atoms with Gasteiger partial charge in [-0.05, 0) is 77.7 Å². The minimum Gasteiger partial charge on any atom is -0.371 e. The Hall–Kier alpha value is -1.72. The van der Waals surface area contributed by atoms with Crippen molar-refractivity contribution in [1.29, 1.82) is 0 Å². The molecule has 0 spiro atoms. The standard InChI is InChI=1S/C13H20.C12H18O2.C11H16O2.3C2H6/c1-10(2)12-8-7-11-5-3-4-6-13(11)9-12;1-9(2)10-4-5-11-12(8-10)14-7-3-6-13-11;1-8(2)9-3-4-10-11(7-9)13-6-5-12-10;3*1-2/h7-11,13H,3-6H2,1-2H3;4-5,8-9,11-12H,3,6-7H2,1-2H3;3-4,7-8,10-11H,5-6H2,1-2H3;3*1-2H3. The van der Waals surface area contributed by atoms with Gasteiger partial charge in [0.2, 0.25) is 0 Å². The molecule has 0 amide bonds. The number of ether oxygens (including phenoxy) is 4. The summed E-state index contributed by atoms with van der Waals surface area (Å²) in [6.07, 6.45) is 27.6. The second-order valence-corrected chi connectivity index (χ2v) is 12.8. The summed E-state index contributed by atoms with van der Waals surface area (Å²) in [4.78, 5) is 0. The molecule has 0 aromatic carbocycles. The first-order valence-electron chi connectivity index (χ1n) is 19.0. The Bertz CT molecular complexity index is 928. The van der Waals surface area contributed by atoms with Gasteiger partial charge in [0, 0.05) is 13.2 Å². The molecule has 1 saturated carbocycles. The topological polar surface area (TPSA) is 36.9 Å². The van der Waals surface area contributed by atoms with Crippen LogP contribution in [0, 0.1) is 29.6 Å². The van der Waals surface area contributed by atoms with E-state index in [-0.39, 0.29) is 24.4 Å². The van der Waals surface area contributed by atoms with E-state index in [4.69, 9.17) is 18.9 Å². The Balaban J connectivity index is 0.000000319. The van der Waals surface area contributed by atoms with E-state index in [1.165, 1.54) is 36.8 Å². The summed E-state index contributed by atoms with van der Waals surface area (Å²) in [5.74, 6) is 3.59. The smallest absolute Gasteiger partial charge is 0.106 e. The highest BCUT2D eigenvalue weighted by Gasteiger charge is 2.27. The molecule has 6 atom stereocenters. The molecule has 3 fully saturated rings. The molecular weight excluding hydrogens is 568 g/mol. The average molecular weight is 641 g/mol. The number of allylic oxidation sites excluding steroid dienone is 8. The maximum absolute atomic E-state index is 5.73. The van der Waals surface area contributed by atoms with Crippen molar-refractivity contribution in [2.75, 3.05) is 26.4 Å². The van der Waals surface area contributed by atoms with Crippen molar-refractivity contribution in [2.24, 2.45) is 29.6 Å². The van der Waals surface area contributed by atoms with Gasteiger partial charge in [0.1, 0.15) is 24.4 Å². The van der Waals surface area contributed by atoms with Crippen LogP contribution >= 0.6 is 0 Å². The van der Waals surface area contributed by atoms with Gasteiger partial charge in [0.05, 0.1) is 13.2 Å². The van der Waals surface area contributed by atoms with Crippen LogP contribution in [-0.4, -0.2) is 50.8 Å². The molecule has 2 aliphatic heterocycles. The third-order valence-electron chi connectivity index (χ3n) is 8.75. The molecule has 0 aromatic rings. The molecule has 6 aliphatic rings. The molecule has 4 heteroatoms. The number of hydrogen-bond donors (Lipinski definition) is 0. The molecule has 2 saturated heterocycles. The van der Waals surface area contributed by atoms with Crippen LogP contribution in [0.1, 0.15) is 115 Å². The quantitative estimate of drug-likeness (QED) is 0.308. The van der Waals surface area contributed by atoms with Crippen LogP contribution in [0.4, 0.5) is 0 Å². The lowest BCUT2D eigenvalue weighted by Crippen LogP contribution is -2.37. The van der Waals surface area contributed by atoms with Crippen molar-refractivity contribution in [2.45, 2.75) is 140 Å². The molecule has 46 heavy (non-hydrogen) atoms. The second kappa shape index (κ2) is 24.4. The van der Waals surface area contributed by atoms with E-state index >= 15 is 0 Å². The SMILES string of the molecule is CC.CC.CC.CC(C)C1=CC2CCCCC2C=C1.CC(C)C1=CC2OCCCOC2C=C1.CC(C)C1=CC2OCCOC2C=C1. The summed E-state index contributed by atoms with van der Waals surface area (Å²) in [5, 5.41) is 0. The molecule has 4 aliphatic carbocycles. The molecule has 0 N–H and O–H groups in total. The highest BCUT2D eigenvalue weighted by molar-refractivity contribution is 5.30. The van der Waals surface area contributed by atoms with Gasteiger partial charge >= 0.3 is 0 Å². The highest BCUT2D eigenvalue weighted by Crippen LogP contribution is 2.37. The first-order valence-corrected chi connectivity index (χ1v) is 19.0. The zero-order chi connectivity index (χ0) is 34.5. The summed E-state index contributed by atoms with van der Waals surface area (Å²) in [7, 11) is 0. The van der Waals surface area contributed by atoms with Crippen LogP contribution in [-0.2, 0) is 18.9 Å². The van der Waals surface area contributed by atoms with Crippen LogP contribution in [0.2, 0.25) is 0 Å². The van der Waals surface area contributed by atoms with E-state index in [1.54, 1.807) is 5.57 Å². The second-order valence-electron chi connectivity index (χ2n) is 12.8. The fourth-order valence-corrected chi connectivity index (χ4v) is 6.09. The van der Waals surface area contributed by atoms with E-state index in [1.807, 2.05) is 41.5 Å². The molecular formula is C42H72O4. The Morgan fingerprint density at radius 2 is 0.804 bits per heavy atom. The molecule has 4 nitrogen and oxygen atoms in total. The lowest BCUT2D eigenvalue weighted by molar-refractivity contribution is -0.102. The maximum Gasteiger partial charge on any atom is 0.106 e. The minimum atomic E-state index is 0.139. The third-order valence-corrected chi connectivity index (χ3v) is 8.75. The fraction of sp³-hybridized carbons (Fsp3) is 0.714. The summed E-state index contributed by atoms with van der Waals surface area (Å²) < 4.78 is 22.6. The Morgan fingerprint density at radius 3 is 1.28 bits per heavy atom. The molecule has 6 unspecified atom stereocenters. The van der Waals surface area contributed by atoms with E-state index in [0.717, 1.165) is 44.7 Å². The lowest BCUT2D eigenvalue weighted by Gasteiger charge is -2.31. The Kier molecular flexibility index (Phi) is 22.5.